The van der Waals surface area contributed by atoms with E-state index >= 15 is 0 Å². The average Bonchev–Trinajstić information content (AvgIpc) is 3.44. The van der Waals surface area contributed by atoms with E-state index in [4.69, 9.17) is 9.47 Å². The van der Waals surface area contributed by atoms with Gasteiger partial charge in [-0.3, -0.25) is 14.9 Å². The minimum atomic E-state index is -0.998. The maximum absolute atomic E-state index is 11.9. The normalized spacial score (nSPS) is 23.6. The highest BCUT2D eigenvalue weighted by Crippen LogP contribution is 2.36. The third kappa shape index (κ3) is 4.54. The van der Waals surface area contributed by atoms with E-state index in [0.717, 1.165) is 12.8 Å². The van der Waals surface area contributed by atoms with Crippen LogP contribution < -0.4 is 5.32 Å². The summed E-state index contributed by atoms with van der Waals surface area (Å²) in [5, 5.41) is 23.7. The number of nitrogens with zero attached hydrogens (tertiary/aromatic N) is 1. The molecule has 4 atom stereocenters. The molecule has 0 spiro atoms. The van der Waals surface area contributed by atoms with Gasteiger partial charge in [0.15, 0.2) is 0 Å². The molecule has 1 aliphatic heterocycles. The molecule has 0 radical (unpaired) electrons. The number of ether oxygens (including phenoxy) is 2. The molecule has 1 aromatic carbocycles. The Morgan fingerprint density at radius 1 is 1.41 bits per heavy atom. The summed E-state index contributed by atoms with van der Waals surface area (Å²) in [4.78, 5) is 34.1. The third-order valence-electron chi connectivity index (χ3n) is 5.05. The predicted octanol–water partition coefficient (Wildman–Crippen LogP) is 1.91. The molecule has 1 amide bonds. The van der Waals surface area contributed by atoms with Gasteiger partial charge in [0.25, 0.3) is 5.69 Å². The highest BCUT2D eigenvalue weighted by Gasteiger charge is 2.46. The van der Waals surface area contributed by atoms with Crippen molar-refractivity contribution in [2.45, 2.75) is 51.0 Å². The fraction of sp³-hybridized carbons (Fsp3) is 0.556. The van der Waals surface area contributed by atoms with E-state index in [2.05, 4.69) is 5.32 Å². The van der Waals surface area contributed by atoms with Gasteiger partial charge in [-0.1, -0.05) is 12.1 Å². The second kappa shape index (κ2) is 7.91. The summed E-state index contributed by atoms with van der Waals surface area (Å²) in [7, 11) is 0. The number of nitro benzene ring substituents is 1. The molecule has 2 unspecified atom stereocenters. The van der Waals surface area contributed by atoms with Crippen LogP contribution in [0, 0.1) is 22.0 Å². The molecule has 0 bridgehead atoms. The summed E-state index contributed by atoms with van der Waals surface area (Å²) < 4.78 is 10.1. The van der Waals surface area contributed by atoms with Crippen molar-refractivity contribution < 1.29 is 29.1 Å². The number of nitro groups is 1. The van der Waals surface area contributed by atoms with Crippen LogP contribution in [-0.4, -0.2) is 40.3 Å². The van der Waals surface area contributed by atoms with Gasteiger partial charge in [0.05, 0.1) is 22.5 Å². The van der Waals surface area contributed by atoms with Crippen LogP contribution in [-0.2, 0) is 20.9 Å². The van der Waals surface area contributed by atoms with Crippen molar-refractivity contribution in [2.75, 3.05) is 0 Å². The average molecular weight is 378 g/mol. The lowest BCUT2D eigenvalue weighted by Gasteiger charge is -2.40. The van der Waals surface area contributed by atoms with Crippen molar-refractivity contribution in [3.63, 3.8) is 0 Å². The number of hydrogen-bond donors (Lipinski definition) is 2. The Labute approximate surface area is 155 Å². The second-order valence-electron chi connectivity index (χ2n) is 7.03. The molecule has 2 N–H and O–H groups in total. The number of amides is 1. The van der Waals surface area contributed by atoms with Crippen LogP contribution in [0.3, 0.4) is 0 Å². The summed E-state index contributed by atoms with van der Waals surface area (Å²) in [5.74, 6) is -0.481. The zero-order valence-electron chi connectivity index (χ0n) is 14.9. The summed E-state index contributed by atoms with van der Waals surface area (Å²) in [5.41, 5.74) is 0.102. The summed E-state index contributed by atoms with van der Waals surface area (Å²) in [6, 6.07) is 5.69. The standard InChI is InChI=1S/C18H22N2O7/c1-10(16-13(19-17(16)22)8-15(21)11-6-7-11)27-18(23)26-9-12-4-2-3-5-14(12)20(24)25/h2-5,10-11,13,15-16,21H,6-9H2,1H3,(H,19,22)/t10?,13-,15?,16-/m1/s1. The molecular formula is C18H22N2O7. The topological polar surface area (TPSA) is 128 Å². The number of aliphatic hydroxyl groups is 1. The molecular weight excluding hydrogens is 356 g/mol. The lowest BCUT2D eigenvalue weighted by atomic mass is 9.82. The van der Waals surface area contributed by atoms with E-state index in [1.807, 2.05) is 0 Å². The van der Waals surface area contributed by atoms with E-state index < -0.39 is 29.2 Å². The van der Waals surface area contributed by atoms with Crippen LogP contribution >= 0.6 is 0 Å². The lowest BCUT2D eigenvalue weighted by Crippen LogP contribution is -2.63. The van der Waals surface area contributed by atoms with Crippen LogP contribution in [0.2, 0.25) is 0 Å². The highest BCUT2D eigenvalue weighted by molar-refractivity contribution is 5.86. The Hall–Kier alpha value is -2.68. The zero-order valence-corrected chi connectivity index (χ0v) is 14.9. The Morgan fingerprint density at radius 3 is 2.74 bits per heavy atom. The maximum Gasteiger partial charge on any atom is 0.508 e. The van der Waals surface area contributed by atoms with E-state index in [1.165, 1.54) is 18.2 Å². The minimum absolute atomic E-state index is 0.147. The molecule has 1 aromatic rings. The SMILES string of the molecule is CC(OC(=O)OCc1ccccc1[N+](=O)[O-])[C@H]1C(=O)N[C@@H]1CC(O)C1CC1. The van der Waals surface area contributed by atoms with Gasteiger partial charge in [-0.05, 0) is 38.2 Å². The molecule has 2 aliphatic rings. The molecule has 9 heteroatoms. The molecule has 3 rings (SSSR count). The monoisotopic (exact) mass is 378 g/mol. The van der Waals surface area contributed by atoms with Gasteiger partial charge in [0.2, 0.25) is 5.91 Å². The first-order valence-corrected chi connectivity index (χ1v) is 8.91. The number of rotatable bonds is 8. The number of nitrogens with one attached hydrogen (secondary N) is 1. The van der Waals surface area contributed by atoms with Gasteiger partial charge in [-0.25, -0.2) is 4.79 Å². The lowest BCUT2D eigenvalue weighted by molar-refractivity contribution is -0.385. The predicted molar refractivity (Wildman–Crippen MR) is 92.6 cm³/mol. The van der Waals surface area contributed by atoms with Crippen molar-refractivity contribution in [1.29, 1.82) is 0 Å². The highest BCUT2D eigenvalue weighted by atomic mass is 16.7. The summed E-state index contributed by atoms with van der Waals surface area (Å²) in [6.07, 6.45) is 0.235. The first kappa shape index (κ1) is 19.1. The van der Waals surface area contributed by atoms with Gasteiger partial charge in [-0.15, -0.1) is 0 Å². The number of β-lactam (4-membered cyclic amide) rings is 1. The zero-order chi connectivity index (χ0) is 19.6. The van der Waals surface area contributed by atoms with Crippen LogP contribution in [0.5, 0.6) is 0 Å². The van der Waals surface area contributed by atoms with Crippen molar-refractivity contribution in [2.24, 2.45) is 11.8 Å². The molecule has 9 nitrogen and oxygen atoms in total. The third-order valence-corrected chi connectivity index (χ3v) is 5.05. The van der Waals surface area contributed by atoms with Crippen molar-refractivity contribution >= 4 is 17.7 Å². The Balaban J connectivity index is 1.50. The van der Waals surface area contributed by atoms with Crippen molar-refractivity contribution in [3.05, 3.63) is 39.9 Å². The van der Waals surface area contributed by atoms with Gasteiger partial charge in [0, 0.05) is 12.1 Å². The van der Waals surface area contributed by atoms with Crippen LogP contribution in [0.4, 0.5) is 10.5 Å². The molecule has 1 heterocycles. The number of aliphatic hydroxyl groups excluding tert-OH is 1. The van der Waals surface area contributed by atoms with E-state index in [1.54, 1.807) is 13.0 Å². The summed E-state index contributed by atoms with van der Waals surface area (Å²) in [6.45, 7) is 1.29. The molecule has 1 saturated carbocycles. The van der Waals surface area contributed by atoms with Crippen LogP contribution in [0.15, 0.2) is 24.3 Å². The summed E-state index contributed by atoms with van der Waals surface area (Å²) >= 11 is 0. The fourth-order valence-electron chi connectivity index (χ4n) is 3.34. The molecule has 146 valence electrons. The van der Waals surface area contributed by atoms with Crippen molar-refractivity contribution in [3.8, 4) is 0 Å². The van der Waals surface area contributed by atoms with Crippen LogP contribution in [0.25, 0.3) is 0 Å². The first-order valence-electron chi connectivity index (χ1n) is 8.91. The number of carbonyl (C=O) groups is 2. The maximum atomic E-state index is 11.9. The van der Waals surface area contributed by atoms with Crippen LogP contribution in [0.1, 0.15) is 31.7 Å². The molecule has 0 aromatic heterocycles. The fourth-order valence-corrected chi connectivity index (χ4v) is 3.34. The Morgan fingerprint density at radius 2 is 2.11 bits per heavy atom. The Kier molecular flexibility index (Phi) is 5.59. The van der Waals surface area contributed by atoms with E-state index in [-0.39, 0.29) is 29.8 Å². The van der Waals surface area contributed by atoms with E-state index in [9.17, 15) is 24.8 Å². The number of hydrogen-bond acceptors (Lipinski definition) is 7. The first-order chi connectivity index (χ1) is 12.9. The quantitative estimate of drug-likeness (QED) is 0.306. The number of para-hydroxylation sites is 1. The second-order valence-corrected chi connectivity index (χ2v) is 7.03. The van der Waals surface area contributed by atoms with Gasteiger partial charge >= 0.3 is 6.16 Å². The number of carbonyl (C=O) groups excluding carboxylic acids is 2. The largest absolute Gasteiger partial charge is 0.508 e. The van der Waals surface area contributed by atoms with Gasteiger partial charge < -0.3 is 19.9 Å². The van der Waals surface area contributed by atoms with Crippen molar-refractivity contribution in [1.82, 2.24) is 5.32 Å². The van der Waals surface area contributed by atoms with Gasteiger partial charge in [0.1, 0.15) is 12.7 Å². The van der Waals surface area contributed by atoms with Gasteiger partial charge in [-0.2, -0.15) is 0 Å². The molecule has 27 heavy (non-hydrogen) atoms. The smallest absolute Gasteiger partial charge is 0.430 e. The van der Waals surface area contributed by atoms with E-state index in [0.29, 0.717) is 12.3 Å². The number of benzene rings is 1. The molecule has 1 saturated heterocycles. The Bertz CT molecular complexity index is 734. The minimum Gasteiger partial charge on any atom is -0.430 e. The molecule has 2 fully saturated rings. The molecule has 1 aliphatic carbocycles.